The molecule has 0 spiro atoms. The van der Waals surface area contributed by atoms with E-state index in [1.165, 1.54) is 38.8 Å². The van der Waals surface area contributed by atoms with Gasteiger partial charge in [-0.05, 0) is 86.1 Å². The number of epoxide rings is 1. The monoisotopic (exact) mass is 458 g/mol. The molecule has 0 saturated carbocycles. The van der Waals surface area contributed by atoms with Crippen molar-refractivity contribution < 1.29 is 9.39 Å². The molecule has 2 saturated heterocycles. The molecule has 0 bridgehead atoms. The predicted molar refractivity (Wildman–Crippen MR) is 146 cm³/mol. The molecule has 2 nitrogen and oxygen atoms in total. The van der Waals surface area contributed by atoms with Gasteiger partial charge >= 0.3 is 6.92 Å². The quantitative estimate of drug-likeness (QED) is 0.306. The van der Waals surface area contributed by atoms with Crippen LogP contribution < -0.4 is 5.46 Å². The van der Waals surface area contributed by atoms with Gasteiger partial charge in [-0.3, -0.25) is 0 Å². The van der Waals surface area contributed by atoms with Gasteiger partial charge < -0.3 is 9.39 Å². The van der Waals surface area contributed by atoms with Crippen molar-refractivity contribution in [3.05, 3.63) is 69.8 Å². The standard InChI is InChI=1S/C31H43BO2/c1-10-30(20-33-30)16-15-25-13-14-26(17-21(25)4)31(11-2,12-3)27-18-22(5)28(23(6)19-27)32-29(8,9)24(7)34-32/h13-19,24H,10-12,20H2,1-9H3/b16-15+. The van der Waals surface area contributed by atoms with Crippen LogP contribution in [0, 0.1) is 20.8 Å². The molecule has 4 rings (SSSR count). The van der Waals surface area contributed by atoms with Gasteiger partial charge in [0.1, 0.15) is 5.60 Å². The van der Waals surface area contributed by atoms with Gasteiger partial charge in [0.05, 0.1) is 6.61 Å². The second-order valence-corrected chi connectivity index (χ2v) is 11.4. The molecule has 2 aliphatic heterocycles. The van der Waals surface area contributed by atoms with Crippen molar-refractivity contribution >= 4 is 18.5 Å². The molecule has 182 valence electrons. The van der Waals surface area contributed by atoms with Crippen LogP contribution in [0.25, 0.3) is 6.08 Å². The first-order chi connectivity index (χ1) is 16.0. The van der Waals surface area contributed by atoms with E-state index in [4.69, 9.17) is 9.39 Å². The number of hydrogen-bond acceptors (Lipinski definition) is 2. The highest BCUT2D eigenvalue weighted by atomic mass is 16.6. The van der Waals surface area contributed by atoms with Crippen LogP contribution in [0.3, 0.4) is 0 Å². The molecule has 2 aliphatic rings. The van der Waals surface area contributed by atoms with Crippen molar-refractivity contribution in [2.45, 2.75) is 104 Å². The summed E-state index contributed by atoms with van der Waals surface area (Å²) in [4.78, 5) is 0. The fraction of sp³-hybridized carbons (Fsp3) is 0.548. The van der Waals surface area contributed by atoms with Gasteiger partial charge in [-0.15, -0.1) is 0 Å². The number of benzene rings is 2. The van der Waals surface area contributed by atoms with E-state index in [9.17, 15) is 0 Å². The lowest BCUT2D eigenvalue weighted by atomic mass is 9.35. The van der Waals surface area contributed by atoms with E-state index >= 15 is 0 Å². The normalized spacial score (nSPS) is 23.9. The largest absolute Gasteiger partial charge is 0.428 e. The third-order valence-electron chi connectivity index (χ3n) is 9.18. The van der Waals surface area contributed by atoms with E-state index in [0.29, 0.717) is 6.10 Å². The van der Waals surface area contributed by atoms with Gasteiger partial charge in [-0.25, -0.2) is 0 Å². The average Bonchev–Trinajstić information content (AvgIpc) is 3.59. The van der Waals surface area contributed by atoms with Crippen molar-refractivity contribution in [3.8, 4) is 0 Å². The number of hydrogen-bond donors (Lipinski definition) is 0. The van der Waals surface area contributed by atoms with E-state index < -0.39 is 0 Å². The molecule has 3 heteroatoms. The van der Waals surface area contributed by atoms with Crippen LogP contribution in [0.15, 0.2) is 36.4 Å². The zero-order valence-corrected chi connectivity index (χ0v) is 22.8. The Bertz CT molecular complexity index is 1070. The van der Waals surface area contributed by atoms with Crippen molar-refractivity contribution in [2.24, 2.45) is 0 Å². The molecule has 2 aromatic rings. The maximum atomic E-state index is 6.24. The summed E-state index contributed by atoms with van der Waals surface area (Å²) in [6.45, 7) is 21.5. The topological polar surface area (TPSA) is 21.8 Å². The summed E-state index contributed by atoms with van der Waals surface area (Å²) in [5.41, 5.74) is 9.56. The van der Waals surface area contributed by atoms with Crippen molar-refractivity contribution in [2.75, 3.05) is 6.61 Å². The lowest BCUT2D eigenvalue weighted by Gasteiger charge is -2.49. The maximum absolute atomic E-state index is 6.24. The van der Waals surface area contributed by atoms with E-state index in [2.05, 4.69) is 105 Å². The lowest BCUT2D eigenvalue weighted by molar-refractivity contribution is 0.0938. The van der Waals surface area contributed by atoms with Crippen LogP contribution >= 0.6 is 0 Å². The van der Waals surface area contributed by atoms with Crippen molar-refractivity contribution in [1.29, 1.82) is 0 Å². The first kappa shape index (κ1) is 25.3. The van der Waals surface area contributed by atoms with Gasteiger partial charge in [0, 0.05) is 11.5 Å². The van der Waals surface area contributed by atoms with Crippen LogP contribution in [0.2, 0.25) is 5.31 Å². The molecule has 2 aromatic carbocycles. The Balaban J connectivity index is 1.71. The summed E-state index contributed by atoms with van der Waals surface area (Å²) in [5, 5.41) is 0.173. The zero-order valence-electron chi connectivity index (χ0n) is 22.8. The van der Waals surface area contributed by atoms with Crippen molar-refractivity contribution in [3.63, 3.8) is 0 Å². The predicted octanol–water partition coefficient (Wildman–Crippen LogP) is 7.31. The molecule has 0 radical (unpaired) electrons. The zero-order chi connectivity index (χ0) is 24.9. The van der Waals surface area contributed by atoms with E-state index in [1.54, 1.807) is 0 Å². The molecular weight excluding hydrogens is 415 g/mol. The molecule has 2 fully saturated rings. The number of ether oxygens (including phenoxy) is 1. The third kappa shape index (κ3) is 4.09. The SMILES string of the molecule is CCC1(/C=C/c2ccc(C(CC)(CC)c3cc(C)c(B4OC(C)C4(C)C)c(C)c3)cc2C)CO1. The Morgan fingerprint density at radius 1 is 0.971 bits per heavy atom. The molecule has 2 unspecified atom stereocenters. The summed E-state index contributed by atoms with van der Waals surface area (Å²) in [5.74, 6) is 0. The first-order valence-corrected chi connectivity index (χ1v) is 13.2. The Hall–Kier alpha value is -1.84. The minimum Gasteiger partial charge on any atom is -0.428 e. The summed E-state index contributed by atoms with van der Waals surface area (Å²) in [7, 11) is 0. The lowest BCUT2D eigenvalue weighted by Crippen LogP contribution is -2.61. The van der Waals surface area contributed by atoms with Gasteiger partial charge in [0.25, 0.3) is 0 Å². The number of rotatable bonds is 8. The minimum atomic E-state index is -0.0188. The summed E-state index contributed by atoms with van der Waals surface area (Å²) in [6.07, 6.45) is 7.98. The van der Waals surface area contributed by atoms with Crippen LogP contribution in [-0.4, -0.2) is 25.2 Å². The maximum Gasteiger partial charge on any atom is 0.335 e. The Morgan fingerprint density at radius 2 is 1.56 bits per heavy atom. The molecule has 2 atom stereocenters. The Labute approximate surface area is 208 Å². The van der Waals surface area contributed by atoms with E-state index in [-0.39, 0.29) is 23.2 Å². The summed E-state index contributed by atoms with van der Waals surface area (Å²) >= 11 is 0. The Morgan fingerprint density at radius 3 is 2.00 bits per heavy atom. The summed E-state index contributed by atoms with van der Waals surface area (Å²) < 4.78 is 11.9. The molecule has 0 aliphatic carbocycles. The van der Waals surface area contributed by atoms with E-state index in [0.717, 1.165) is 25.9 Å². The smallest absolute Gasteiger partial charge is 0.335 e. The molecule has 2 heterocycles. The van der Waals surface area contributed by atoms with Crippen LogP contribution in [-0.2, 0) is 14.8 Å². The van der Waals surface area contributed by atoms with Crippen LogP contribution in [0.4, 0.5) is 0 Å². The highest BCUT2D eigenvalue weighted by Crippen LogP contribution is 2.46. The minimum absolute atomic E-state index is 0.00851. The summed E-state index contributed by atoms with van der Waals surface area (Å²) in [6, 6.07) is 11.9. The van der Waals surface area contributed by atoms with Gasteiger partial charge in [0.2, 0.25) is 0 Å². The molecule has 0 aromatic heterocycles. The fourth-order valence-electron chi connectivity index (χ4n) is 5.95. The average molecular weight is 458 g/mol. The Kier molecular flexibility index (Phi) is 6.68. The van der Waals surface area contributed by atoms with Gasteiger partial charge in [-0.1, -0.05) is 82.2 Å². The highest BCUT2D eigenvalue weighted by Gasteiger charge is 2.52. The van der Waals surface area contributed by atoms with Crippen LogP contribution in [0.1, 0.15) is 94.2 Å². The third-order valence-corrected chi connectivity index (χ3v) is 9.18. The highest BCUT2D eigenvalue weighted by molar-refractivity contribution is 6.73. The van der Waals surface area contributed by atoms with Gasteiger partial charge in [0.15, 0.2) is 0 Å². The number of aryl methyl sites for hydroxylation is 3. The second-order valence-electron chi connectivity index (χ2n) is 11.4. The van der Waals surface area contributed by atoms with Crippen LogP contribution in [0.5, 0.6) is 0 Å². The van der Waals surface area contributed by atoms with E-state index in [1.807, 2.05) is 0 Å². The molecule has 0 amide bonds. The van der Waals surface area contributed by atoms with Crippen molar-refractivity contribution in [1.82, 2.24) is 0 Å². The molecular formula is C31H43BO2. The second kappa shape index (κ2) is 8.99. The van der Waals surface area contributed by atoms with Gasteiger partial charge in [-0.2, -0.15) is 0 Å². The fourth-order valence-corrected chi connectivity index (χ4v) is 5.95. The molecule has 34 heavy (non-hydrogen) atoms. The molecule has 0 N–H and O–H groups in total. The first-order valence-electron chi connectivity index (χ1n) is 13.2.